The molecule has 4 heterocycles. The lowest BCUT2D eigenvalue weighted by Gasteiger charge is -2.37. The molecule has 0 unspecified atom stereocenters. The molecule has 1 aliphatic rings. The summed E-state index contributed by atoms with van der Waals surface area (Å²) >= 11 is 13.7. The van der Waals surface area contributed by atoms with Gasteiger partial charge in [-0.15, -0.1) is 0 Å². The zero-order chi connectivity index (χ0) is 33.2. The number of likely N-dealkylation sites (tertiary alicyclic amines) is 1. The van der Waals surface area contributed by atoms with Crippen LogP contribution >= 0.6 is 23.2 Å². The van der Waals surface area contributed by atoms with E-state index in [4.69, 9.17) is 27.9 Å². The lowest BCUT2D eigenvalue weighted by Crippen LogP contribution is -2.49. The van der Waals surface area contributed by atoms with Crippen LogP contribution in [0.3, 0.4) is 0 Å². The van der Waals surface area contributed by atoms with Crippen LogP contribution in [0.5, 0.6) is 0 Å². The molecular weight excluding hydrogens is 643 g/mol. The standard InChI is InChI=1S/C34H28Cl2N6O5/c1-41-14-20(18-43)12-25(33(41)45)32(44)40-27-8-4-6-24(29(27)36)23-5-3-7-26(28(23)35)39-31-30-21(9-10-37-31)11-19(13-38-30)15-42-16-22(17-42)34(46)47-2/h3-14,18,22H,15-17H2,1-2H3,(H,37,39)(H,40,44). The Morgan fingerprint density at radius 3 is 2.43 bits per heavy atom. The number of aldehydes is 1. The first-order chi connectivity index (χ1) is 22.7. The van der Waals surface area contributed by atoms with Crippen LogP contribution in [-0.2, 0) is 23.1 Å². The van der Waals surface area contributed by atoms with Crippen LogP contribution in [0.2, 0.25) is 10.0 Å². The second kappa shape index (κ2) is 13.3. The molecule has 0 saturated carbocycles. The van der Waals surface area contributed by atoms with Gasteiger partial charge in [-0.2, -0.15) is 0 Å². The van der Waals surface area contributed by atoms with Gasteiger partial charge in [-0.25, -0.2) is 4.98 Å². The van der Waals surface area contributed by atoms with Gasteiger partial charge in [-0.3, -0.25) is 29.1 Å². The first-order valence-corrected chi connectivity index (χ1v) is 15.3. The van der Waals surface area contributed by atoms with Crippen LogP contribution in [0, 0.1) is 5.92 Å². The fourth-order valence-electron chi connectivity index (χ4n) is 5.51. The number of nitrogens with zero attached hydrogens (tertiary/aromatic N) is 4. The molecule has 6 rings (SSSR count). The number of benzene rings is 2. The van der Waals surface area contributed by atoms with E-state index in [1.807, 2.05) is 18.2 Å². The number of fused-ring (bicyclic) bond motifs is 1. The van der Waals surface area contributed by atoms with Crippen LogP contribution in [-0.4, -0.2) is 57.8 Å². The average molecular weight is 672 g/mol. The Morgan fingerprint density at radius 1 is 1.02 bits per heavy atom. The number of hydrogen-bond acceptors (Lipinski definition) is 9. The number of amides is 1. The molecule has 2 N–H and O–H groups in total. The van der Waals surface area contributed by atoms with E-state index in [0.717, 1.165) is 10.9 Å². The summed E-state index contributed by atoms with van der Waals surface area (Å²) in [4.78, 5) is 60.0. The van der Waals surface area contributed by atoms with E-state index in [9.17, 15) is 19.2 Å². The number of aromatic nitrogens is 3. The quantitative estimate of drug-likeness (QED) is 0.149. The number of pyridine rings is 3. The lowest BCUT2D eigenvalue weighted by atomic mass is 9.99. The number of rotatable bonds is 9. The van der Waals surface area contributed by atoms with Crippen molar-refractivity contribution in [3.63, 3.8) is 0 Å². The highest BCUT2D eigenvalue weighted by Gasteiger charge is 2.33. The summed E-state index contributed by atoms with van der Waals surface area (Å²) < 4.78 is 6.00. The molecule has 3 aromatic heterocycles. The summed E-state index contributed by atoms with van der Waals surface area (Å²) in [5, 5.41) is 7.44. The first-order valence-electron chi connectivity index (χ1n) is 14.5. The summed E-state index contributed by atoms with van der Waals surface area (Å²) in [5.74, 6) is -0.472. The molecule has 1 amide bonds. The molecular formula is C34H28Cl2N6O5. The van der Waals surface area contributed by atoms with Crippen molar-refractivity contribution >= 4 is 69.5 Å². The van der Waals surface area contributed by atoms with Gasteiger partial charge < -0.3 is 19.9 Å². The van der Waals surface area contributed by atoms with E-state index in [0.29, 0.717) is 59.1 Å². The molecule has 1 fully saturated rings. The van der Waals surface area contributed by atoms with Crippen LogP contribution in [0.1, 0.15) is 26.3 Å². The fraction of sp³-hybridized carbons (Fsp3) is 0.176. The fourth-order valence-corrected chi connectivity index (χ4v) is 6.06. The van der Waals surface area contributed by atoms with E-state index < -0.39 is 11.5 Å². The van der Waals surface area contributed by atoms with Crippen molar-refractivity contribution < 1.29 is 19.1 Å². The monoisotopic (exact) mass is 670 g/mol. The Bertz CT molecular complexity index is 2110. The molecule has 0 radical (unpaired) electrons. The maximum atomic E-state index is 13.1. The average Bonchev–Trinajstić information content (AvgIpc) is 3.05. The number of nitrogens with one attached hydrogen (secondary N) is 2. The Balaban J connectivity index is 1.23. The number of carbonyl (C=O) groups excluding carboxylic acids is 3. The molecule has 47 heavy (non-hydrogen) atoms. The Kier molecular flexibility index (Phi) is 9.04. The van der Waals surface area contributed by atoms with Crippen molar-refractivity contribution in [2.24, 2.45) is 13.0 Å². The molecule has 0 atom stereocenters. The Hall–Kier alpha value is -5.10. The molecule has 5 aromatic rings. The predicted octanol–water partition coefficient (Wildman–Crippen LogP) is 5.72. The van der Waals surface area contributed by atoms with E-state index in [1.54, 1.807) is 42.7 Å². The molecule has 0 spiro atoms. The summed E-state index contributed by atoms with van der Waals surface area (Å²) in [6.45, 7) is 1.96. The van der Waals surface area contributed by atoms with Crippen molar-refractivity contribution in [2.75, 3.05) is 30.8 Å². The van der Waals surface area contributed by atoms with Gasteiger partial charge in [0.05, 0.1) is 34.4 Å². The van der Waals surface area contributed by atoms with E-state index in [1.165, 1.54) is 31.0 Å². The van der Waals surface area contributed by atoms with Gasteiger partial charge in [0.15, 0.2) is 12.1 Å². The number of aryl methyl sites for hydroxylation is 1. The highest BCUT2D eigenvalue weighted by atomic mass is 35.5. The maximum Gasteiger partial charge on any atom is 0.311 e. The van der Waals surface area contributed by atoms with E-state index in [2.05, 4.69) is 25.5 Å². The van der Waals surface area contributed by atoms with Crippen LogP contribution < -0.4 is 16.2 Å². The number of esters is 1. The number of halogens is 2. The number of anilines is 3. The molecule has 238 valence electrons. The lowest BCUT2D eigenvalue weighted by molar-refractivity contribution is -0.151. The van der Waals surface area contributed by atoms with E-state index in [-0.39, 0.29) is 33.7 Å². The third-order valence-corrected chi connectivity index (χ3v) is 8.74. The molecule has 1 saturated heterocycles. The second-order valence-electron chi connectivity index (χ2n) is 11.1. The molecule has 0 aliphatic carbocycles. The van der Waals surface area contributed by atoms with Crippen molar-refractivity contribution in [1.82, 2.24) is 19.4 Å². The number of methoxy groups -OCH3 is 1. The third kappa shape index (κ3) is 6.46. The molecule has 11 nitrogen and oxygen atoms in total. The Morgan fingerprint density at radius 2 is 1.72 bits per heavy atom. The molecule has 2 aromatic carbocycles. The summed E-state index contributed by atoms with van der Waals surface area (Å²) in [6.07, 6.45) is 5.39. The van der Waals surface area contributed by atoms with Crippen LogP contribution in [0.4, 0.5) is 17.2 Å². The number of hydrogen-bond donors (Lipinski definition) is 2. The minimum Gasteiger partial charge on any atom is -0.469 e. The highest BCUT2D eigenvalue weighted by molar-refractivity contribution is 6.39. The molecule has 0 bridgehead atoms. The topological polar surface area (TPSA) is 136 Å². The third-order valence-electron chi connectivity index (χ3n) is 7.93. The van der Waals surface area contributed by atoms with Gasteiger partial charge in [0.1, 0.15) is 11.1 Å². The largest absolute Gasteiger partial charge is 0.469 e. The van der Waals surface area contributed by atoms with Crippen molar-refractivity contribution in [2.45, 2.75) is 6.54 Å². The van der Waals surface area contributed by atoms with Gasteiger partial charge >= 0.3 is 5.97 Å². The van der Waals surface area contributed by atoms with Crippen molar-refractivity contribution in [1.29, 1.82) is 0 Å². The molecule has 1 aliphatic heterocycles. The normalized spacial score (nSPS) is 13.2. The Labute approximate surface area is 279 Å². The van der Waals surface area contributed by atoms with Crippen molar-refractivity contribution in [3.8, 4) is 11.1 Å². The highest BCUT2D eigenvalue weighted by Crippen LogP contribution is 2.41. The zero-order valence-corrected chi connectivity index (χ0v) is 26.8. The van der Waals surface area contributed by atoms with Gasteiger partial charge in [-0.05, 0) is 35.9 Å². The zero-order valence-electron chi connectivity index (χ0n) is 25.3. The maximum absolute atomic E-state index is 13.1. The minimum absolute atomic E-state index is 0.0902. The number of carbonyl (C=O) groups is 3. The first kappa shape index (κ1) is 31.9. The predicted molar refractivity (Wildman–Crippen MR) is 181 cm³/mol. The van der Waals surface area contributed by atoms with E-state index >= 15 is 0 Å². The number of ether oxygens (including phenoxy) is 1. The van der Waals surface area contributed by atoms with Crippen molar-refractivity contribution in [3.05, 3.63) is 110 Å². The second-order valence-corrected chi connectivity index (χ2v) is 11.9. The van der Waals surface area contributed by atoms with Crippen LogP contribution in [0.25, 0.3) is 22.0 Å². The smallest absolute Gasteiger partial charge is 0.311 e. The van der Waals surface area contributed by atoms with Gasteiger partial charge in [0, 0.05) is 67.3 Å². The van der Waals surface area contributed by atoms with Gasteiger partial charge in [0.2, 0.25) is 0 Å². The minimum atomic E-state index is -0.706. The van der Waals surface area contributed by atoms with Gasteiger partial charge in [-0.1, -0.05) is 47.5 Å². The SMILES string of the molecule is COC(=O)C1CN(Cc2cnc3c(Nc4cccc(-c5cccc(NC(=O)c6cc(C=O)cn(C)c6=O)c5Cl)c4Cl)nccc3c2)C1. The summed E-state index contributed by atoms with van der Waals surface area (Å²) in [6, 6.07) is 15.6. The van der Waals surface area contributed by atoms with Crippen LogP contribution in [0.15, 0.2) is 78.0 Å². The summed E-state index contributed by atoms with van der Waals surface area (Å²) in [7, 11) is 2.86. The molecule has 13 heteroatoms. The van der Waals surface area contributed by atoms with Gasteiger partial charge in [0.25, 0.3) is 11.5 Å². The summed E-state index contributed by atoms with van der Waals surface area (Å²) in [5.41, 5.74) is 3.05.